The first kappa shape index (κ1) is 26.0. The molecule has 0 unspecified atom stereocenters. The van der Waals surface area contributed by atoms with Gasteiger partial charge in [0.05, 0.1) is 22.8 Å². The Kier molecular flexibility index (Phi) is 7.19. The Morgan fingerprint density at radius 3 is 1.19 bits per heavy atom. The molecule has 43 heavy (non-hydrogen) atoms. The molecule has 0 fully saturated rings. The van der Waals surface area contributed by atoms with Gasteiger partial charge in [-0.3, -0.25) is 14.9 Å². The highest BCUT2D eigenvalue weighted by Crippen LogP contribution is 2.39. The number of aromatic nitrogens is 4. The van der Waals surface area contributed by atoms with Crippen molar-refractivity contribution < 1.29 is 0 Å². The molecule has 204 valence electrons. The molecule has 0 aliphatic heterocycles. The average Bonchev–Trinajstić information content (AvgIpc) is 3.10. The standard InChI is InChI=1S/C38H27N5/c1-4-14-28(15-5-1)30-24-35(33-20-10-12-22-39-33)41-37(26-30)43(32-18-8-3-9-19-32)38-27-31(29-16-6-2-7-17-29)25-36(42-38)34-21-11-13-23-40-34/h1-27H. The molecule has 5 nitrogen and oxygen atoms in total. The van der Waals surface area contributed by atoms with E-state index >= 15 is 0 Å². The van der Waals surface area contributed by atoms with Gasteiger partial charge in [0.1, 0.15) is 11.6 Å². The van der Waals surface area contributed by atoms with Gasteiger partial charge in [0.25, 0.3) is 0 Å². The third-order valence-corrected chi connectivity index (χ3v) is 7.17. The van der Waals surface area contributed by atoms with E-state index in [0.717, 1.165) is 62.4 Å². The topological polar surface area (TPSA) is 54.8 Å². The highest BCUT2D eigenvalue weighted by molar-refractivity contribution is 5.82. The molecule has 3 aromatic carbocycles. The van der Waals surface area contributed by atoms with Gasteiger partial charge in [-0.05, 0) is 82.9 Å². The van der Waals surface area contributed by atoms with E-state index in [4.69, 9.17) is 9.97 Å². The summed E-state index contributed by atoms with van der Waals surface area (Å²) >= 11 is 0. The second kappa shape index (κ2) is 11.9. The Bertz CT molecular complexity index is 1710. The van der Waals surface area contributed by atoms with Crippen LogP contribution >= 0.6 is 0 Å². The van der Waals surface area contributed by atoms with Gasteiger partial charge >= 0.3 is 0 Å². The van der Waals surface area contributed by atoms with Crippen LogP contribution in [0.5, 0.6) is 0 Å². The quantitative estimate of drug-likeness (QED) is 0.197. The summed E-state index contributed by atoms with van der Waals surface area (Å²) < 4.78 is 0. The molecule has 7 aromatic rings. The minimum Gasteiger partial charge on any atom is -0.279 e. The fourth-order valence-electron chi connectivity index (χ4n) is 5.11. The highest BCUT2D eigenvalue weighted by atomic mass is 15.2. The van der Waals surface area contributed by atoms with Crippen molar-refractivity contribution in [2.24, 2.45) is 0 Å². The van der Waals surface area contributed by atoms with Crippen LogP contribution in [0.15, 0.2) is 164 Å². The van der Waals surface area contributed by atoms with Crippen LogP contribution < -0.4 is 4.90 Å². The Balaban J connectivity index is 1.49. The molecule has 5 heteroatoms. The maximum Gasteiger partial charge on any atom is 0.140 e. The van der Waals surface area contributed by atoms with E-state index in [9.17, 15) is 0 Å². The predicted molar refractivity (Wildman–Crippen MR) is 174 cm³/mol. The maximum absolute atomic E-state index is 5.19. The van der Waals surface area contributed by atoms with Crippen molar-refractivity contribution in [1.29, 1.82) is 0 Å². The molecule has 0 N–H and O–H groups in total. The van der Waals surface area contributed by atoms with Gasteiger partial charge in [-0.1, -0.05) is 91.0 Å². The minimum atomic E-state index is 0.734. The smallest absolute Gasteiger partial charge is 0.140 e. The van der Waals surface area contributed by atoms with Gasteiger partial charge in [0.2, 0.25) is 0 Å². The van der Waals surface area contributed by atoms with E-state index in [1.165, 1.54) is 0 Å². The van der Waals surface area contributed by atoms with Crippen LogP contribution in [0.2, 0.25) is 0 Å². The summed E-state index contributed by atoms with van der Waals surface area (Å²) in [5, 5.41) is 0. The van der Waals surface area contributed by atoms with Gasteiger partial charge in [-0.2, -0.15) is 0 Å². The summed E-state index contributed by atoms with van der Waals surface area (Å²) in [7, 11) is 0. The number of anilines is 3. The number of rotatable bonds is 7. The van der Waals surface area contributed by atoms with E-state index in [2.05, 4.69) is 99.8 Å². The molecule has 0 radical (unpaired) electrons. The molecule has 0 aliphatic rings. The molecular weight excluding hydrogens is 526 g/mol. The van der Waals surface area contributed by atoms with E-state index in [1.807, 2.05) is 66.7 Å². The van der Waals surface area contributed by atoms with Crippen molar-refractivity contribution in [3.63, 3.8) is 0 Å². The number of para-hydroxylation sites is 1. The largest absolute Gasteiger partial charge is 0.279 e. The summed E-state index contributed by atoms with van der Waals surface area (Å²) in [6.45, 7) is 0. The first-order valence-corrected chi connectivity index (χ1v) is 14.1. The van der Waals surface area contributed by atoms with E-state index < -0.39 is 0 Å². The molecule has 4 aromatic heterocycles. The van der Waals surface area contributed by atoms with E-state index in [0.29, 0.717) is 0 Å². The van der Waals surface area contributed by atoms with Crippen molar-refractivity contribution in [2.75, 3.05) is 4.90 Å². The second-order valence-electron chi connectivity index (χ2n) is 10.0. The van der Waals surface area contributed by atoms with Crippen LogP contribution in [0.25, 0.3) is 45.0 Å². The summed E-state index contributed by atoms with van der Waals surface area (Å²) in [5.41, 5.74) is 8.37. The third-order valence-electron chi connectivity index (χ3n) is 7.17. The lowest BCUT2D eigenvalue weighted by molar-refractivity contribution is 1.12. The van der Waals surface area contributed by atoms with Crippen LogP contribution in [-0.2, 0) is 0 Å². The molecular formula is C38H27N5. The van der Waals surface area contributed by atoms with Gasteiger partial charge < -0.3 is 0 Å². The predicted octanol–water partition coefficient (Wildman–Crippen LogP) is 9.40. The van der Waals surface area contributed by atoms with Crippen molar-refractivity contribution in [3.05, 3.63) is 164 Å². The van der Waals surface area contributed by atoms with E-state index in [-0.39, 0.29) is 0 Å². The molecule has 0 bridgehead atoms. The highest BCUT2D eigenvalue weighted by Gasteiger charge is 2.20. The molecule has 4 heterocycles. The fourth-order valence-corrected chi connectivity index (χ4v) is 5.11. The zero-order chi connectivity index (χ0) is 28.8. The number of nitrogens with zero attached hydrogens (tertiary/aromatic N) is 5. The normalized spacial score (nSPS) is 10.8. The van der Waals surface area contributed by atoms with Gasteiger partial charge in [0.15, 0.2) is 0 Å². The zero-order valence-electron chi connectivity index (χ0n) is 23.3. The average molecular weight is 554 g/mol. The number of benzene rings is 3. The van der Waals surface area contributed by atoms with Crippen LogP contribution in [0.1, 0.15) is 0 Å². The summed E-state index contributed by atoms with van der Waals surface area (Å²) in [4.78, 5) is 21.8. The third kappa shape index (κ3) is 5.65. The molecule has 0 spiro atoms. The number of hydrogen-bond acceptors (Lipinski definition) is 5. The minimum absolute atomic E-state index is 0.734. The van der Waals surface area contributed by atoms with Crippen molar-refractivity contribution >= 4 is 17.3 Å². The molecule has 7 rings (SSSR count). The van der Waals surface area contributed by atoms with Gasteiger partial charge in [-0.15, -0.1) is 0 Å². The lowest BCUT2D eigenvalue weighted by Gasteiger charge is -2.25. The molecule has 0 amide bonds. The number of pyridine rings is 4. The SMILES string of the molecule is c1ccc(-c2cc(-c3ccccn3)nc(N(c3ccccc3)c3cc(-c4ccccc4)cc(-c4ccccn4)n3)c2)cc1. The second-order valence-corrected chi connectivity index (χ2v) is 10.0. The fraction of sp³-hybridized carbons (Fsp3) is 0. The summed E-state index contributed by atoms with van der Waals surface area (Å²) in [5.74, 6) is 1.47. The Hall–Kier alpha value is -5.94. The summed E-state index contributed by atoms with van der Waals surface area (Å²) in [6.07, 6.45) is 3.59. The first-order chi connectivity index (χ1) is 21.3. The maximum atomic E-state index is 5.19. The summed E-state index contributed by atoms with van der Waals surface area (Å²) in [6, 6.07) is 51.1. The lowest BCUT2D eigenvalue weighted by atomic mass is 10.0. The van der Waals surface area contributed by atoms with E-state index in [1.54, 1.807) is 12.4 Å². The van der Waals surface area contributed by atoms with Crippen LogP contribution in [-0.4, -0.2) is 19.9 Å². The molecule has 0 aliphatic carbocycles. The van der Waals surface area contributed by atoms with Crippen LogP contribution in [0.3, 0.4) is 0 Å². The first-order valence-electron chi connectivity index (χ1n) is 14.1. The molecule has 0 atom stereocenters. The van der Waals surface area contributed by atoms with Crippen molar-refractivity contribution in [1.82, 2.24) is 19.9 Å². The Morgan fingerprint density at radius 2 is 0.767 bits per heavy atom. The molecule has 0 saturated heterocycles. The Labute approximate surface area is 250 Å². The van der Waals surface area contributed by atoms with Crippen molar-refractivity contribution in [2.45, 2.75) is 0 Å². The number of hydrogen-bond donors (Lipinski definition) is 0. The Morgan fingerprint density at radius 1 is 0.349 bits per heavy atom. The lowest BCUT2D eigenvalue weighted by Crippen LogP contribution is -2.14. The van der Waals surface area contributed by atoms with Crippen LogP contribution in [0, 0.1) is 0 Å². The van der Waals surface area contributed by atoms with Crippen LogP contribution in [0.4, 0.5) is 17.3 Å². The van der Waals surface area contributed by atoms with Gasteiger partial charge in [0, 0.05) is 18.1 Å². The van der Waals surface area contributed by atoms with Crippen molar-refractivity contribution in [3.8, 4) is 45.0 Å². The van der Waals surface area contributed by atoms with Gasteiger partial charge in [-0.25, -0.2) is 9.97 Å². The monoisotopic (exact) mass is 553 g/mol. The molecule has 0 saturated carbocycles. The zero-order valence-corrected chi connectivity index (χ0v) is 23.3.